The van der Waals surface area contributed by atoms with Crippen LogP contribution in [0.2, 0.25) is 0 Å². The predicted molar refractivity (Wildman–Crippen MR) is 216 cm³/mol. The molecule has 0 saturated carbocycles. The van der Waals surface area contributed by atoms with Crippen molar-refractivity contribution < 1.29 is 58.9 Å². The van der Waals surface area contributed by atoms with Crippen molar-refractivity contribution in [3.8, 4) is 23.0 Å². The van der Waals surface area contributed by atoms with Gasteiger partial charge in [0.1, 0.15) is 23.4 Å². The fraction of sp³-hybridized carbons (Fsp3) is 0.524. The van der Waals surface area contributed by atoms with E-state index in [2.05, 4.69) is 15.3 Å². The van der Waals surface area contributed by atoms with Gasteiger partial charge < -0.3 is 54.7 Å². The van der Waals surface area contributed by atoms with Crippen LogP contribution in [0.1, 0.15) is 64.4 Å². The zero-order valence-corrected chi connectivity index (χ0v) is 34.4. The Bertz CT molecular complexity index is 2020. The van der Waals surface area contributed by atoms with Gasteiger partial charge >= 0.3 is 11.8 Å². The first-order valence-corrected chi connectivity index (χ1v) is 19.4. The van der Waals surface area contributed by atoms with Gasteiger partial charge in [-0.3, -0.25) is 19.4 Å². The summed E-state index contributed by atoms with van der Waals surface area (Å²) in [5, 5.41) is 66.2. The summed E-state index contributed by atoms with van der Waals surface area (Å²) in [7, 11) is 3.42. The van der Waals surface area contributed by atoms with Crippen molar-refractivity contribution in [2.45, 2.75) is 78.7 Å². The molecule has 4 aliphatic heterocycles. The number of carbonyl (C=O) groups is 3. The van der Waals surface area contributed by atoms with Gasteiger partial charge in [0.15, 0.2) is 5.75 Å². The molecule has 58 heavy (non-hydrogen) atoms. The summed E-state index contributed by atoms with van der Waals surface area (Å²) in [5.41, 5.74) is -0.430. The first-order valence-electron chi connectivity index (χ1n) is 19.4. The van der Waals surface area contributed by atoms with E-state index >= 15 is 0 Å². The number of nitrogens with one attached hydrogen (secondary N) is 1. The lowest BCUT2D eigenvalue weighted by Crippen LogP contribution is -2.46. The minimum Gasteiger partial charge on any atom is -0.507 e. The zero-order chi connectivity index (χ0) is 42.8. The van der Waals surface area contributed by atoms with E-state index in [9.17, 15) is 39.9 Å². The number of anilines is 1. The number of benzene rings is 2. The van der Waals surface area contributed by atoms with Crippen LogP contribution in [0.25, 0.3) is 10.8 Å². The van der Waals surface area contributed by atoms with Crippen LogP contribution >= 0.6 is 0 Å². The molecular weight excluding hydrogens is 752 g/mol. The summed E-state index contributed by atoms with van der Waals surface area (Å²) >= 11 is 0. The minimum atomic E-state index is -2.03. The van der Waals surface area contributed by atoms with Gasteiger partial charge in [0.2, 0.25) is 0 Å². The number of phenols is 3. The van der Waals surface area contributed by atoms with Gasteiger partial charge in [0, 0.05) is 87.8 Å². The number of hydrazone groups is 1. The Labute approximate surface area is 338 Å². The Kier molecular flexibility index (Phi) is 13.5. The third-order valence-electron chi connectivity index (χ3n) is 11.5. The van der Waals surface area contributed by atoms with Gasteiger partial charge in [-0.25, -0.2) is 0 Å². The topological polar surface area (TPSA) is 220 Å². The highest BCUT2D eigenvalue weighted by atomic mass is 16.7. The Balaban J connectivity index is 1.68. The van der Waals surface area contributed by atoms with E-state index in [0.29, 0.717) is 13.1 Å². The monoisotopic (exact) mass is 808 g/mol. The van der Waals surface area contributed by atoms with Gasteiger partial charge in [0.05, 0.1) is 53.0 Å². The number of aliphatic hydroxyl groups is 2. The van der Waals surface area contributed by atoms with Gasteiger partial charge in [-0.1, -0.05) is 45.9 Å². The first-order chi connectivity index (χ1) is 27.3. The second kappa shape index (κ2) is 17.8. The molecule has 316 valence electrons. The summed E-state index contributed by atoms with van der Waals surface area (Å²) < 4.78 is 23.4. The number of ketones is 1. The Morgan fingerprint density at radius 3 is 2.29 bits per heavy atom. The molecule has 6 N–H and O–H groups in total. The van der Waals surface area contributed by atoms with E-state index < -0.39 is 88.8 Å². The molecule has 9 atom stereocenters. The second-order valence-corrected chi connectivity index (χ2v) is 15.7. The highest BCUT2D eigenvalue weighted by molar-refractivity contribution is 6.23. The molecule has 1 amide bonds. The summed E-state index contributed by atoms with van der Waals surface area (Å²) in [6.07, 6.45) is 4.84. The largest absolute Gasteiger partial charge is 0.507 e. The van der Waals surface area contributed by atoms with Crippen LogP contribution in [0.4, 0.5) is 5.69 Å². The zero-order valence-electron chi connectivity index (χ0n) is 34.4. The van der Waals surface area contributed by atoms with Crippen molar-refractivity contribution in [3.63, 3.8) is 0 Å². The molecular formula is C42H56N4O12. The molecule has 2 aromatic rings. The second-order valence-electron chi connectivity index (χ2n) is 15.7. The molecule has 16 nitrogen and oxygen atoms in total. The first kappa shape index (κ1) is 44.0. The third kappa shape index (κ3) is 8.79. The quantitative estimate of drug-likeness (QED) is 0.111. The van der Waals surface area contributed by atoms with Crippen molar-refractivity contribution in [1.82, 2.24) is 9.91 Å². The number of phenolic OH excluding ortho intramolecular Hbond substituents is 3. The van der Waals surface area contributed by atoms with E-state index in [1.165, 1.54) is 52.5 Å². The molecule has 0 unspecified atom stereocenters. The number of hydrogen-bond acceptors (Lipinski definition) is 15. The van der Waals surface area contributed by atoms with E-state index in [1.807, 2.05) is 7.05 Å². The average Bonchev–Trinajstić information content (AvgIpc) is 3.43. The van der Waals surface area contributed by atoms with E-state index in [4.69, 9.17) is 18.9 Å². The number of likely N-dealkylation sites (N-methyl/N-ethyl adjacent to an activating group) is 1. The summed E-state index contributed by atoms with van der Waals surface area (Å²) in [4.78, 5) is 42.4. The molecule has 0 spiro atoms. The molecule has 1 fully saturated rings. The van der Waals surface area contributed by atoms with Gasteiger partial charge in [-0.05, 0) is 20.0 Å². The van der Waals surface area contributed by atoms with Crippen LogP contribution in [0.15, 0.2) is 47.3 Å². The predicted octanol–water partition coefficient (Wildman–Crippen LogP) is 4.03. The Hall–Kier alpha value is -5.16. The maximum Gasteiger partial charge on any atom is 0.312 e. The fourth-order valence-corrected chi connectivity index (χ4v) is 7.71. The number of piperazine rings is 1. The summed E-state index contributed by atoms with van der Waals surface area (Å²) in [5.74, 6) is -8.44. The van der Waals surface area contributed by atoms with Gasteiger partial charge in [0.25, 0.3) is 11.7 Å². The van der Waals surface area contributed by atoms with Crippen LogP contribution in [0.3, 0.4) is 0 Å². The number of aliphatic hydroxyl groups excluding tert-OH is 2. The summed E-state index contributed by atoms with van der Waals surface area (Å²) in [6, 6.07) is 1.11. The number of nitrogens with zero attached hydrogens (tertiary/aromatic N) is 3. The number of amides is 1. The number of esters is 1. The van der Waals surface area contributed by atoms with Crippen LogP contribution in [-0.4, -0.2) is 130 Å². The summed E-state index contributed by atoms with van der Waals surface area (Å²) in [6.45, 7) is 13.6. The van der Waals surface area contributed by atoms with Gasteiger partial charge in [-0.2, -0.15) is 5.10 Å². The van der Waals surface area contributed by atoms with E-state index in [1.54, 1.807) is 44.9 Å². The van der Waals surface area contributed by atoms with Crippen molar-refractivity contribution in [3.05, 3.63) is 53.3 Å². The highest BCUT2D eigenvalue weighted by Crippen LogP contribution is 2.53. The average molecular weight is 809 g/mol. The molecule has 2 aromatic carbocycles. The highest BCUT2D eigenvalue weighted by Gasteiger charge is 2.49. The molecule has 1 saturated heterocycles. The molecule has 0 aromatic heterocycles. The Morgan fingerprint density at radius 1 is 0.983 bits per heavy atom. The maximum absolute atomic E-state index is 14.3. The number of allylic oxidation sites excluding steroid dienone is 2. The van der Waals surface area contributed by atoms with Crippen LogP contribution in [-0.2, 0) is 23.8 Å². The molecule has 6 rings (SSSR count). The van der Waals surface area contributed by atoms with Gasteiger partial charge in [-0.15, -0.1) is 0 Å². The number of carbonyl (C=O) groups excluding carboxylic acids is 3. The van der Waals surface area contributed by atoms with E-state index in [0.717, 1.165) is 19.2 Å². The lowest BCUT2D eigenvalue weighted by Gasteiger charge is -2.38. The number of aromatic hydroxyl groups is 3. The molecule has 0 radical (unpaired) electrons. The SMILES string of the molecule is CO[C@H]1/C=C/O[C@@]2(C)Oc3cc(O)c4c(O)c(c(/C=N\N5CCN(C)CC5)c(O)c4c3C2=O)NC(=O)/C(C)=C/C=C/[C@H](C)[C@H](O)[C@@H](C)[C@@H](O)[C@@H](C)[C@H](OC(C)=O)[C@@H]1C. The van der Waals surface area contributed by atoms with Crippen molar-refractivity contribution in [2.75, 3.05) is 45.7 Å². The smallest absolute Gasteiger partial charge is 0.312 e. The molecule has 4 aliphatic rings. The minimum absolute atomic E-state index is 0.136. The van der Waals surface area contributed by atoms with Crippen LogP contribution in [0, 0.1) is 23.7 Å². The van der Waals surface area contributed by atoms with Crippen molar-refractivity contribution in [2.24, 2.45) is 28.8 Å². The number of hydrogen-bond donors (Lipinski definition) is 6. The fourth-order valence-electron chi connectivity index (χ4n) is 7.71. The lowest BCUT2D eigenvalue weighted by atomic mass is 9.78. The number of ether oxygens (including phenoxy) is 4. The molecule has 4 heterocycles. The normalized spacial score (nSPS) is 32.4. The molecule has 16 heteroatoms. The van der Waals surface area contributed by atoms with Crippen molar-refractivity contribution >= 4 is 40.3 Å². The van der Waals surface area contributed by atoms with E-state index in [-0.39, 0.29) is 38.9 Å². The Morgan fingerprint density at radius 2 is 1.66 bits per heavy atom. The number of Topliss-reactive ketones (excluding diaryl/α,β-unsaturated/α-hetero) is 1. The molecule has 0 aliphatic carbocycles. The standard InChI is InChI=1S/C42H56N4O12/c1-21-11-10-12-22(2)41(54)44-34-27(20-43-46-16-14-45(8)15-17-46)37(51)33-31(38(34)52)28(48)19-30-32(33)40(53)42(7,58-30)56-18-13-29(55-9)23(3)39(57-26(6)47)25(5)36(50)24(4)35(21)49/h10-13,18-21,23-25,29,35-36,39,48-52H,14-17H2,1-9H3,(H,44,54)/b11-10+,18-13+,22-12+,43-20-/t21-,23+,24+,25+,29-,35-,36+,39+,42-/m0/s1. The number of rotatable bonds is 4. The number of fused-ring (bicyclic) bond motifs is 14. The molecule has 5 bridgehead atoms. The van der Waals surface area contributed by atoms with Crippen LogP contribution in [0.5, 0.6) is 23.0 Å². The third-order valence-corrected chi connectivity index (χ3v) is 11.5. The number of methoxy groups -OCH3 is 1. The van der Waals surface area contributed by atoms with Crippen LogP contribution < -0.4 is 10.1 Å². The lowest BCUT2D eigenvalue weighted by molar-refractivity contribution is -0.160. The van der Waals surface area contributed by atoms with Crippen molar-refractivity contribution in [1.29, 1.82) is 0 Å². The maximum atomic E-state index is 14.3.